The number of nitrogens with zero attached hydrogens (tertiary/aromatic N) is 1. The van der Waals surface area contributed by atoms with E-state index in [-0.39, 0.29) is 11.8 Å². The van der Waals surface area contributed by atoms with Gasteiger partial charge in [0.05, 0.1) is 0 Å². The fraction of sp³-hybridized carbons (Fsp3) is 0.222. The molecule has 0 aliphatic rings. The molecule has 0 bridgehead atoms. The lowest BCUT2D eigenvalue weighted by Gasteiger charge is -2.18. The summed E-state index contributed by atoms with van der Waals surface area (Å²) in [7, 11) is 0. The number of likely N-dealkylation sites (N-methyl/N-ethyl adjacent to an activating group) is 1. The van der Waals surface area contributed by atoms with Crippen LogP contribution in [0.3, 0.4) is 0 Å². The van der Waals surface area contributed by atoms with E-state index in [2.05, 4.69) is 40.0 Å². The van der Waals surface area contributed by atoms with Crippen LogP contribution in [0.2, 0.25) is 0 Å². The van der Waals surface area contributed by atoms with E-state index in [9.17, 15) is 14.4 Å². The smallest absolute Gasteiger partial charge is 0.323 e. The molecule has 0 aliphatic heterocycles. The highest BCUT2D eigenvalue weighted by atomic mass is 16.2. The molecule has 4 N–H and O–H groups in total. The second-order valence-corrected chi connectivity index (χ2v) is 7.84. The largest absolute Gasteiger partial charge is 0.351 e. The number of para-hydroxylation sites is 1. The Morgan fingerprint density at radius 2 is 1.11 bits per heavy atom. The van der Waals surface area contributed by atoms with E-state index in [0.717, 1.165) is 19.6 Å². The van der Waals surface area contributed by atoms with Crippen LogP contribution in [0.1, 0.15) is 34.6 Å². The van der Waals surface area contributed by atoms with E-state index in [1.54, 1.807) is 48.5 Å². The Hall–Kier alpha value is -4.17. The molecular formula is C27H31N5O3. The summed E-state index contributed by atoms with van der Waals surface area (Å²) in [6.07, 6.45) is 0. The van der Waals surface area contributed by atoms with Gasteiger partial charge in [-0.1, -0.05) is 32.0 Å². The standard InChI is InChI=1S/C27H31N5O3/c1-3-32(4-2)19-18-28-25(33)20-10-14-23(15-11-20)30-27(35)31-24-16-12-21(13-17-24)26(34)29-22-8-6-5-7-9-22/h5-17H,3-4,18-19H2,1-2H3,(H,28,33)(H,29,34)(H2,30,31,35). The second kappa shape index (κ2) is 12.9. The number of hydrogen-bond donors (Lipinski definition) is 4. The van der Waals surface area contributed by atoms with Gasteiger partial charge in [-0.05, 0) is 73.8 Å². The summed E-state index contributed by atoms with van der Waals surface area (Å²) in [4.78, 5) is 39.2. The van der Waals surface area contributed by atoms with Gasteiger partial charge >= 0.3 is 6.03 Å². The van der Waals surface area contributed by atoms with E-state index in [1.165, 1.54) is 0 Å². The highest BCUT2D eigenvalue weighted by molar-refractivity contribution is 6.05. The summed E-state index contributed by atoms with van der Waals surface area (Å²) in [6.45, 7) is 7.46. The Morgan fingerprint density at radius 1 is 0.629 bits per heavy atom. The summed E-state index contributed by atoms with van der Waals surface area (Å²) >= 11 is 0. The Balaban J connectivity index is 1.46. The normalized spacial score (nSPS) is 10.5. The number of rotatable bonds is 10. The monoisotopic (exact) mass is 473 g/mol. The molecule has 0 saturated heterocycles. The van der Waals surface area contributed by atoms with Gasteiger partial charge in [-0.15, -0.1) is 0 Å². The topological polar surface area (TPSA) is 103 Å². The molecule has 4 amide bonds. The highest BCUT2D eigenvalue weighted by Crippen LogP contribution is 2.14. The van der Waals surface area contributed by atoms with Crippen LogP contribution >= 0.6 is 0 Å². The molecule has 3 aromatic carbocycles. The molecule has 0 spiro atoms. The first kappa shape index (κ1) is 25.5. The maximum absolute atomic E-state index is 12.3. The van der Waals surface area contributed by atoms with Crippen molar-refractivity contribution in [3.05, 3.63) is 90.0 Å². The summed E-state index contributed by atoms with van der Waals surface area (Å²) in [5.41, 5.74) is 2.82. The molecule has 3 rings (SSSR count). The van der Waals surface area contributed by atoms with Gasteiger partial charge in [0, 0.05) is 41.3 Å². The zero-order chi connectivity index (χ0) is 25.0. The molecule has 0 fully saturated rings. The fourth-order valence-corrected chi connectivity index (χ4v) is 3.40. The Kier molecular flexibility index (Phi) is 9.39. The maximum atomic E-state index is 12.3. The second-order valence-electron chi connectivity index (χ2n) is 7.84. The molecule has 8 heteroatoms. The molecule has 0 heterocycles. The first-order valence-corrected chi connectivity index (χ1v) is 11.6. The van der Waals surface area contributed by atoms with Crippen LogP contribution in [0.15, 0.2) is 78.9 Å². The van der Waals surface area contributed by atoms with E-state index in [0.29, 0.717) is 34.7 Å². The Labute approximate surface area is 205 Å². The first-order chi connectivity index (χ1) is 17.0. The third-order valence-corrected chi connectivity index (χ3v) is 5.45. The van der Waals surface area contributed by atoms with Crippen molar-refractivity contribution >= 4 is 34.9 Å². The SMILES string of the molecule is CCN(CC)CCNC(=O)c1ccc(NC(=O)Nc2ccc(C(=O)Nc3ccccc3)cc2)cc1. The van der Waals surface area contributed by atoms with Gasteiger partial charge in [0.1, 0.15) is 0 Å². The van der Waals surface area contributed by atoms with Crippen molar-refractivity contribution in [2.24, 2.45) is 0 Å². The molecule has 0 unspecified atom stereocenters. The number of amides is 4. The van der Waals surface area contributed by atoms with Gasteiger partial charge in [-0.2, -0.15) is 0 Å². The predicted molar refractivity (Wildman–Crippen MR) is 140 cm³/mol. The third kappa shape index (κ3) is 7.97. The van der Waals surface area contributed by atoms with Crippen molar-refractivity contribution in [3.63, 3.8) is 0 Å². The van der Waals surface area contributed by atoms with Crippen LogP contribution in [-0.4, -0.2) is 48.9 Å². The third-order valence-electron chi connectivity index (χ3n) is 5.45. The maximum Gasteiger partial charge on any atom is 0.323 e. The molecule has 0 aliphatic carbocycles. The first-order valence-electron chi connectivity index (χ1n) is 11.6. The lowest BCUT2D eigenvalue weighted by atomic mass is 10.2. The molecule has 0 radical (unpaired) electrons. The number of nitrogens with one attached hydrogen (secondary N) is 4. The molecule has 0 aromatic heterocycles. The number of anilines is 3. The van der Waals surface area contributed by atoms with Gasteiger partial charge in [0.25, 0.3) is 11.8 Å². The summed E-state index contributed by atoms with van der Waals surface area (Å²) in [5.74, 6) is -0.381. The minimum absolute atomic E-state index is 0.149. The van der Waals surface area contributed by atoms with Gasteiger partial charge < -0.3 is 26.2 Å². The van der Waals surface area contributed by atoms with Crippen LogP contribution < -0.4 is 21.3 Å². The van der Waals surface area contributed by atoms with Crippen LogP contribution in [0.25, 0.3) is 0 Å². The van der Waals surface area contributed by atoms with E-state index in [4.69, 9.17) is 0 Å². The van der Waals surface area contributed by atoms with Crippen molar-refractivity contribution in [1.29, 1.82) is 0 Å². The quantitative estimate of drug-likeness (QED) is 0.344. The van der Waals surface area contributed by atoms with Crippen molar-refractivity contribution < 1.29 is 14.4 Å². The van der Waals surface area contributed by atoms with Crippen molar-refractivity contribution in [1.82, 2.24) is 10.2 Å². The summed E-state index contributed by atoms with van der Waals surface area (Å²) in [5, 5.41) is 11.2. The van der Waals surface area contributed by atoms with Crippen LogP contribution in [-0.2, 0) is 0 Å². The van der Waals surface area contributed by atoms with Crippen molar-refractivity contribution in [2.45, 2.75) is 13.8 Å². The van der Waals surface area contributed by atoms with E-state index >= 15 is 0 Å². The molecule has 182 valence electrons. The predicted octanol–water partition coefficient (Wildman–Crippen LogP) is 4.65. The zero-order valence-corrected chi connectivity index (χ0v) is 20.0. The number of carbonyl (C=O) groups is 3. The van der Waals surface area contributed by atoms with Gasteiger partial charge in [-0.3, -0.25) is 9.59 Å². The molecule has 0 saturated carbocycles. The summed E-state index contributed by atoms with van der Waals surface area (Å²) in [6, 6.07) is 22.0. The van der Waals surface area contributed by atoms with E-state index in [1.807, 2.05) is 30.3 Å². The minimum atomic E-state index is -0.428. The molecular weight excluding hydrogens is 442 g/mol. The van der Waals surface area contributed by atoms with Gasteiger partial charge in [-0.25, -0.2) is 4.79 Å². The molecule has 0 atom stereocenters. The molecule has 35 heavy (non-hydrogen) atoms. The van der Waals surface area contributed by atoms with Gasteiger partial charge in [0.15, 0.2) is 0 Å². The van der Waals surface area contributed by atoms with Crippen LogP contribution in [0, 0.1) is 0 Å². The molecule has 3 aromatic rings. The lowest BCUT2D eigenvalue weighted by Crippen LogP contribution is -2.34. The number of hydrogen-bond acceptors (Lipinski definition) is 4. The Morgan fingerprint density at radius 3 is 1.63 bits per heavy atom. The fourth-order valence-electron chi connectivity index (χ4n) is 3.40. The van der Waals surface area contributed by atoms with Gasteiger partial charge in [0.2, 0.25) is 0 Å². The van der Waals surface area contributed by atoms with Crippen LogP contribution in [0.5, 0.6) is 0 Å². The Bertz CT molecular complexity index is 1110. The number of benzene rings is 3. The minimum Gasteiger partial charge on any atom is -0.351 e. The summed E-state index contributed by atoms with van der Waals surface area (Å²) < 4.78 is 0. The number of urea groups is 1. The zero-order valence-electron chi connectivity index (χ0n) is 20.0. The highest BCUT2D eigenvalue weighted by Gasteiger charge is 2.09. The molecule has 8 nitrogen and oxygen atoms in total. The average Bonchev–Trinajstić information content (AvgIpc) is 2.88. The van der Waals surface area contributed by atoms with Crippen LogP contribution in [0.4, 0.5) is 21.9 Å². The average molecular weight is 474 g/mol. The lowest BCUT2D eigenvalue weighted by molar-refractivity contribution is 0.0948. The van der Waals surface area contributed by atoms with E-state index < -0.39 is 6.03 Å². The number of carbonyl (C=O) groups excluding carboxylic acids is 3. The van der Waals surface area contributed by atoms with Crippen molar-refractivity contribution in [2.75, 3.05) is 42.1 Å². The van der Waals surface area contributed by atoms with Crippen molar-refractivity contribution in [3.8, 4) is 0 Å².